The van der Waals surface area contributed by atoms with Crippen molar-refractivity contribution in [3.8, 4) is 22.1 Å². The topological polar surface area (TPSA) is 72.4 Å². The van der Waals surface area contributed by atoms with E-state index in [0.29, 0.717) is 11.5 Å². The predicted octanol–water partition coefficient (Wildman–Crippen LogP) is 2.88. The normalized spacial score (nSPS) is 11.3. The highest BCUT2D eigenvalue weighted by atomic mass is 32.1. The molecule has 116 valence electrons. The maximum absolute atomic E-state index is 5.10. The zero-order valence-corrected chi connectivity index (χ0v) is 13.7. The van der Waals surface area contributed by atoms with E-state index in [4.69, 9.17) is 4.52 Å². The van der Waals surface area contributed by atoms with Gasteiger partial charge in [-0.25, -0.2) is 0 Å². The van der Waals surface area contributed by atoms with E-state index < -0.39 is 0 Å². The highest BCUT2D eigenvalue weighted by Crippen LogP contribution is 2.29. The summed E-state index contributed by atoms with van der Waals surface area (Å²) in [6.45, 7) is 1.84. The molecule has 3 aromatic heterocycles. The van der Waals surface area contributed by atoms with Crippen LogP contribution in [0.2, 0.25) is 0 Å². The average Bonchev–Trinajstić information content (AvgIpc) is 3.22. The minimum absolute atomic E-state index is 0.587. The fraction of sp³-hybridized carbons (Fsp3) is 0.200. The van der Waals surface area contributed by atoms with Gasteiger partial charge in [-0.1, -0.05) is 16.5 Å². The van der Waals surface area contributed by atoms with Gasteiger partial charge in [-0.2, -0.15) is 9.61 Å². The van der Waals surface area contributed by atoms with Gasteiger partial charge in [-0.05, 0) is 31.2 Å². The summed E-state index contributed by atoms with van der Waals surface area (Å²) in [6, 6.07) is 10.1. The molecular weight excluding hydrogens is 312 g/mol. The maximum Gasteiger partial charge on any atom is 0.235 e. The van der Waals surface area contributed by atoms with Crippen molar-refractivity contribution in [2.45, 2.75) is 6.92 Å². The summed E-state index contributed by atoms with van der Waals surface area (Å²) < 4.78 is 6.81. The van der Waals surface area contributed by atoms with E-state index in [9.17, 15) is 0 Å². The van der Waals surface area contributed by atoms with Crippen LogP contribution in [-0.4, -0.2) is 39.1 Å². The van der Waals surface area contributed by atoms with Crippen LogP contribution in [0.15, 0.2) is 34.9 Å². The van der Waals surface area contributed by atoms with Gasteiger partial charge in [0.15, 0.2) is 5.69 Å². The van der Waals surface area contributed by atoms with Crippen LogP contribution in [0.3, 0.4) is 0 Å². The van der Waals surface area contributed by atoms with Crippen molar-refractivity contribution in [1.82, 2.24) is 25.0 Å². The number of aromatic nitrogens is 5. The predicted molar refractivity (Wildman–Crippen MR) is 88.7 cm³/mol. The Bertz CT molecular complexity index is 966. The van der Waals surface area contributed by atoms with Crippen molar-refractivity contribution < 1.29 is 4.52 Å². The minimum Gasteiger partial charge on any atom is -0.378 e. The molecule has 3 heterocycles. The average molecular weight is 326 g/mol. The number of anilines is 1. The van der Waals surface area contributed by atoms with Crippen molar-refractivity contribution in [1.29, 1.82) is 0 Å². The van der Waals surface area contributed by atoms with E-state index in [0.717, 1.165) is 27.0 Å². The molecule has 0 N–H and O–H groups in total. The van der Waals surface area contributed by atoms with E-state index in [1.807, 2.05) is 27.1 Å². The first-order valence-corrected chi connectivity index (χ1v) is 7.87. The molecule has 4 rings (SSSR count). The molecule has 0 amide bonds. The molecular formula is C15H14N6OS. The summed E-state index contributed by atoms with van der Waals surface area (Å²) in [5, 5.41) is 17.8. The summed E-state index contributed by atoms with van der Waals surface area (Å²) in [6.07, 6.45) is 0. The van der Waals surface area contributed by atoms with E-state index in [2.05, 4.69) is 49.6 Å². The zero-order chi connectivity index (χ0) is 16.0. The Kier molecular flexibility index (Phi) is 3.12. The molecule has 0 aliphatic heterocycles. The number of rotatable bonds is 3. The third kappa shape index (κ3) is 2.36. The van der Waals surface area contributed by atoms with Crippen molar-refractivity contribution in [3.05, 3.63) is 36.1 Å². The summed E-state index contributed by atoms with van der Waals surface area (Å²) in [5.41, 5.74) is 2.83. The van der Waals surface area contributed by atoms with Crippen LogP contribution in [-0.2, 0) is 0 Å². The van der Waals surface area contributed by atoms with Crippen LogP contribution in [0.4, 0.5) is 5.69 Å². The second-order valence-corrected chi connectivity index (χ2v) is 6.35. The van der Waals surface area contributed by atoms with E-state index in [-0.39, 0.29) is 0 Å². The second-order valence-electron chi connectivity index (χ2n) is 5.39. The van der Waals surface area contributed by atoms with Gasteiger partial charge in [0, 0.05) is 31.4 Å². The molecule has 0 radical (unpaired) electrons. The Morgan fingerprint density at radius 2 is 1.91 bits per heavy atom. The van der Waals surface area contributed by atoms with Gasteiger partial charge in [0.1, 0.15) is 10.8 Å². The Morgan fingerprint density at radius 1 is 1.13 bits per heavy atom. The number of nitrogens with zero attached hydrogens (tertiary/aromatic N) is 6. The van der Waals surface area contributed by atoms with Gasteiger partial charge in [-0.15, -0.1) is 10.2 Å². The van der Waals surface area contributed by atoms with Gasteiger partial charge < -0.3 is 9.42 Å². The maximum atomic E-state index is 5.10. The monoisotopic (exact) mass is 326 g/mol. The summed E-state index contributed by atoms with van der Waals surface area (Å²) in [4.78, 5) is 2.79. The third-order valence-electron chi connectivity index (χ3n) is 3.48. The smallest absolute Gasteiger partial charge is 0.235 e. The molecule has 0 aliphatic rings. The third-order valence-corrected chi connectivity index (χ3v) is 4.43. The summed E-state index contributed by atoms with van der Waals surface area (Å²) in [7, 11) is 4.04. The molecule has 0 atom stereocenters. The van der Waals surface area contributed by atoms with Crippen LogP contribution in [0.25, 0.3) is 27.1 Å². The van der Waals surface area contributed by atoms with Gasteiger partial charge in [0.2, 0.25) is 10.8 Å². The molecule has 0 fully saturated rings. The van der Waals surface area contributed by atoms with E-state index in [1.54, 1.807) is 4.52 Å². The molecule has 8 heteroatoms. The van der Waals surface area contributed by atoms with Crippen molar-refractivity contribution >= 4 is 22.0 Å². The molecule has 0 saturated carbocycles. The molecule has 0 saturated heterocycles. The standard InChI is InChI=1S/C15H14N6OS/c1-9-8-12(19-22-9)13-16-17-15-21(13)18-14(23-15)10-4-6-11(7-5-10)20(2)3/h4-8H,1-3H3. The molecule has 4 aromatic rings. The number of fused-ring (bicyclic) bond motifs is 1. The first-order chi connectivity index (χ1) is 11.1. The van der Waals surface area contributed by atoms with Gasteiger partial charge in [-0.3, -0.25) is 0 Å². The summed E-state index contributed by atoms with van der Waals surface area (Å²) in [5.74, 6) is 1.32. The number of hydrogen-bond acceptors (Lipinski definition) is 7. The Hall–Kier alpha value is -2.74. The van der Waals surface area contributed by atoms with Crippen LogP contribution in [0, 0.1) is 6.92 Å². The van der Waals surface area contributed by atoms with Gasteiger partial charge in [0.25, 0.3) is 0 Å². The first kappa shape index (κ1) is 13.9. The molecule has 23 heavy (non-hydrogen) atoms. The fourth-order valence-corrected chi connectivity index (χ4v) is 3.11. The van der Waals surface area contributed by atoms with Crippen molar-refractivity contribution in [2.75, 3.05) is 19.0 Å². The molecule has 7 nitrogen and oxygen atoms in total. The number of benzene rings is 1. The molecule has 1 aromatic carbocycles. The quantitative estimate of drug-likeness (QED) is 0.576. The molecule has 0 aliphatic carbocycles. The summed E-state index contributed by atoms with van der Waals surface area (Å²) >= 11 is 1.49. The Labute approximate surface area is 136 Å². The second kappa shape index (κ2) is 5.17. The van der Waals surface area contributed by atoms with E-state index >= 15 is 0 Å². The van der Waals surface area contributed by atoms with Crippen molar-refractivity contribution in [2.24, 2.45) is 0 Å². The van der Waals surface area contributed by atoms with Crippen LogP contribution in [0.1, 0.15) is 5.76 Å². The number of hydrogen-bond donors (Lipinski definition) is 0. The highest BCUT2D eigenvalue weighted by molar-refractivity contribution is 7.19. The van der Waals surface area contributed by atoms with Gasteiger partial charge in [0.05, 0.1) is 0 Å². The van der Waals surface area contributed by atoms with E-state index in [1.165, 1.54) is 11.3 Å². The van der Waals surface area contributed by atoms with Gasteiger partial charge >= 0.3 is 0 Å². The highest BCUT2D eigenvalue weighted by Gasteiger charge is 2.17. The van der Waals surface area contributed by atoms with Crippen molar-refractivity contribution in [3.63, 3.8) is 0 Å². The zero-order valence-electron chi connectivity index (χ0n) is 12.9. The lowest BCUT2D eigenvalue weighted by Gasteiger charge is -2.11. The largest absolute Gasteiger partial charge is 0.378 e. The lowest BCUT2D eigenvalue weighted by atomic mass is 10.2. The SMILES string of the molecule is Cc1cc(-c2nnc3sc(-c4ccc(N(C)C)cc4)nn23)no1. The van der Waals surface area contributed by atoms with Crippen LogP contribution in [0.5, 0.6) is 0 Å². The lowest BCUT2D eigenvalue weighted by molar-refractivity contribution is 0.399. The Morgan fingerprint density at radius 3 is 2.57 bits per heavy atom. The number of aryl methyl sites for hydroxylation is 1. The first-order valence-electron chi connectivity index (χ1n) is 7.05. The Balaban J connectivity index is 1.76. The minimum atomic E-state index is 0.587. The fourth-order valence-electron chi connectivity index (χ4n) is 2.27. The molecule has 0 unspecified atom stereocenters. The lowest BCUT2D eigenvalue weighted by Crippen LogP contribution is -2.07. The van der Waals surface area contributed by atoms with Crippen LogP contribution >= 0.6 is 11.3 Å². The molecule has 0 bridgehead atoms. The molecule has 0 spiro atoms. The van der Waals surface area contributed by atoms with Crippen LogP contribution < -0.4 is 4.90 Å².